The molecule has 0 bridgehead atoms. The van der Waals surface area contributed by atoms with Crippen LogP contribution in [0.15, 0.2) is 18.5 Å². The fourth-order valence-corrected chi connectivity index (χ4v) is 4.04. The first-order valence-corrected chi connectivity index (χ1v) is 8.63. The monoisotopic (exact) mass is 313 g/mol. The first-order chi connectivity index (χ1) is 10.8. The maximum atomic E-state index is 4.81. The predicted molar refractivity (Wildman–Crippen MR) is 88.9 cm³/mol. The van der Waals surface area contributed by atoms with E-state index < -0.39 is 0 Å². The van der Waals surface area contributed by atoms with Crippen molar-refractivity contribution in [2.75, 3.05) is 6.54 Å². The number of rotatable bonds is 2. The average molecular weight is 313 g/mol. The molecule has 1 fully saturated rings. The van der Waals surface area contributed by atoms with Crippen LogP contribution in [0.5, 0.6) is 0 Å². The summed E-state index contributed by atoms with van der Waals surface area (Å²) in [6.45, 7) is 3.11. The van der Waals surface area contributed by atoms with Crippen LogP contribution >= 0.6 is 11.3 Å². The number of aromatic amines is 1. The first-order valence-electron chi connectivity index (χ1n) is 7.81. The largest absolute Gasteiger partial charge is 0.307 e. The van der Waals surface area contributed by atoms with E-state index in [9.17, 15) is 0 Å². The molecule has 0 unspecified atom stereocenters. The van der Waals surface area contributed by atoms with Crippen LogP contribution in [0, 0.1) is 6.92 Å². The van der Waals surface area contributed by atoms with Gasteiger partial charge in [0.25, 0.3) is 0 Å². The number of thiophene rings is 1. The normalized spacial score (nSPS) is 19.4. The van der Waals surface area contributed by atoms with Crippen LogP contribution in [0.25, 0.3) is 20.7 Å². The highest BCUT2D eigenvalue weighted by Crippen LogP contribution is 2.34. The van der Waals surface area contributed by atoms with Gasteiger partial charge in [-0.2, -0.15) is 5.10 Å². The smallest absolute Gasteiger partial charge is 0.145 e. The Morgan fingerprint density at radius 1 is 1.23 bits per heavy atom. The second kappa shape index (κ2) is 5.78. The van der Waals surface area contributed by atoms with E-state index >= 15 is 0 Å². The number of fused-ring (bicyclic) bond motifs is 1. The lowest BCUT2D eigenvalue weighted by Crippen LogP contribution is -2.22. The zero-order valence-corrected chi connectivity index (χ0v) is 13.4. The maximum Gasteiger partial charge on any atom is 0.145 e. The summed E-state index contributed by atoms with van der Waals surface area (Å²) >= 11 is 1.72. The van der Waals surface area contributed by atoms with E-state index in [1.165, 1.54) is 24.1 Å². The van der Waals surface area contributed by atoms with Crippen LogP contribution in [-0.2, 0) is 0 Å². The standard InChI is InChI=1S/C16H19N5S/c1-10-11(8-19-21-10)14-7-13-15(22-14)9-18-16(20-13)12-5-3-2-4-6-17-12/h7-9,12,17H,2-6H2,1H3,(H,19,21)/t12-/m1/s1. The number of hydrogen-bond donors (Lipinski definition) is 2. The summed E-state index contributed by atoms with van der Waals surface area (Å²) in [5.74, 6) is 0.933. The molecule has 1 saturated heterocycles. The van der Waals surface area contributed by atoms with Crippen molar-refractivity contribution in [3.8, 4) is 10.4 Å². The van der Waals surface area contributed by atoms with Gasteiger partial charge in [-0.3, -0.25) is 5.10 Å². The van der Waals surface area contributed by atoms with Crippen LogP contribution in [0.1, 0.15) is 43.2 Å². The molecule has 114 valence electrons. The SMILES string of the molecule is Cc1[nH]ncc1-c1cc2nc([C@H]3CCCCCN3)ncc2s1. The van der Waals surface area contributed by atoms with Gasteiger partial charge in [-0.1, -0.05) is 12.8 Å². The summed E-state index contributed by atoms with van der Waals surface area (Å²) in [4.78, 5) is 10.6. The van der Waals surface area contributed by atoms with Crippen molar-refractivity contribution < 1.29 is 0 Å². The molecule has 1 atom stereocenters. The molecular weight excluding hydrogens is 294 g/mol. The van der Waals surface area contributed by atoms with Gasteiger partial charge in [0, 0.05) is 22.3 Å². The molecule has 2 N–H and O–H groups in total. The maximum absolute atomic E-state index is 4.81. The minimum Gasteiger partial charge on any atom is -0.307 e. The molecular formula is C16H19N5S. The van der Waals surface area contributed by atoms with E-state index in [4.69, 9.17) is 4.98 Å². The van der Waals surface area contributed by atoms with Crippen LogP contribution < -0.4 is 5.32 Å². The Kier molecular flexibility index (Phi) is 3.63. The molecule has 0 aromatic carbocycles. The number of nitrogens with one attached hydrogen (secondary N) is 2. The molecule has 3 aromatic heterocycles. The first kappa shape index (κ1) is 13.8. The van der Waals surface area contributed by atoms with Crippen LogP contribution in [-0.4, -0.2) is 26.7 Å². The molecule has 4 heterocycles. The second-order valence-corrected chi connectivity index (χ2v) is 6.94. The van der Waals surface area contributed by atoms with Crippen LogP contribution in [0.4, 0.5) is 0 Å². The highest BCUT2D eigenvalue weighted by molar-refractivity contribution is 7.22. The molecule has 0 spiro atoms. The van der Waals surface area contributed by atoms with Crippen molar-refractivity contribution >= 4 is 21.6 Å². The lowest BCUT2D eigenvalue weighted by molar-refractivity contribution is 0.509. The van der Waals surface area contributed by atoms with Crippen LogP contribution in [0.3, 0.4) is 0 Å². The lowest BCUT2D eigenvalue weighted by atomic mass is 10.1. The van der Waals surface area contributed by atoms with Crippen molar-refractivity contribution in [3.05, 3.63) is 30.0 Å². The Balaban J connectivity index is 1.70. The lowest BCUT2D eigenvalue weighted by Gasteiger charge is -2.13. The van der Waals surface area contributed by atoms with Crippen LogP contribution in [0.2, 0.25) is 0 Å². The molecule has 1 aliphatic rings. The summed E-state index contributed by atoms with van der Waals surface area (Å²) in [7, 11) is 0. The Bertz CT molecular complexity index is 783. The number of aryl methyl sites for hydroxylation is 1. The fourth-order valence-electron chi connectivity index (χ4n) is 3.00. The number of H-pyrrole nitrogens is 1. The van der Waals surface area contributed by atoms with Gasteiger partial charge in [0.1, 0.15) is 5.82 Å². The van der Waals surface area contributed by atoms with E-state index in [1.807, 2.05) is 19.3 Å². The Morgan fingerprint density at radius 2 is 2.18 bits per heavy atom. The van der Waals surface area contributed by atoms with Gasteiger partial charge in [0.2, 0.25) is 0 Å². The molecule has 6 heteroatoms. The topological polar surface area (TPSA) is 66.5 Å². The molecule has 0 aliphatic carbocycles. The number of aromatic nitrogens is 4. The van der Waals surface area contributed by atoms with Gasteiger partial charge >= 0.3 is 0 Å². The third-order valence-corrected chi connectivity index (χ3v) is 5.35. The molecule has 0 saturated carbocycles. The Hall–Kier alpha value is -1.79. The zero-order chi connectivity index (χ0) is 14.9. The summed E-state index contributed by atoms with van der Waals surface area (Å²) < 4.78 is 1.13. The van der Waals surface area contributed by atoms with Gasteiger partial charge < -0.3 is 5.32 Å². The van der Waals surface area contributed by atoms with E-state index in [0.29, 0.717) is 6.04 Å². The summed E-state index contributed by atoms with van der Waals surface area (Å²) in [5, 5.41) is 10.7. The molecule has 0 radical (unpaired) electrons. The molecule has 22 heavy (non-hydrogen) atoms. The average Bonchev–Trinajstić information content (AvgIpc) is 3.03. The van der Waals surface area contributed by atoms with E-state index in [1.54, 1.807) is 11.3 Å². The van der Waals surface area contributed by atoms with E-state index in [0.717, 1.165) is 40.3 Å². The van der Waals surface area contributed by atoms with Gasteiger partial charge in [0.05, 0.1) is 22.5 Å². The van der Waals surface area contributed by atoms with Gasteiger partial charge in [-0.25, -0.2) is 9.97 Å². The van der Waals surface area contributed by atoms with E-state index in [2.05, 4.69) is 26.6 Å². The van der Waals surface area contributed by atoms with Crippen molar-refractivity contribution in [2.45, 2.75) is 38.6 Å². The minimum atomic E-state index is 0.297. The fraction of sp³-hybridized carbons (Fsp3) is 0.438. The van der Waals surface area contributed by atoms with Crippen molar-refractivity contribution in [1.82, 2.24) is 25.5 Å². The zero-order valence-electron chi connectivity index (χ0n) is 12.6. The van der Waals surface area contributed by atoms with Gasteiger partial charge in [0.15, 0.2) is 0 Å². The minimum absolute atomic E-state index is 0.297. The van der Waals surface area contributed by atoms with E-state index in [-0.39, 0.29) is 0 Å². The molecule has 1 aliphatic heterocycles. The van der Waals surface area contributed by atoms with Gasteiger partial charge in [-0.15, -0.1) is 11.3 Å². The molecule has 4 rings (SSSR count). The summed E-state index contributed by atoms with van der Waals surface area (Å²) in [5.41, 5.74) is 3.28. The number of nitrogens with zero attached hydrogens (tertiary/aromatic N) is 3. The van der Waals surface area contributed by atoms with Crippen molar-refractivity contribution in [1.29, 1.82) is 0 Å². The molecule has 0 amide bonds. The second-order valence-electron chi connectivity index (χ2n) is 5.85. The quantitative estimate of drug-likeness (QED) is 0.758. The summed E-state index contributed by atoms with van der Waals surface area (Å²) in [6, 6.07) is 2.45. The predicted octanol–water partition coefficient (Wildman–Crippen LogP) is 3.59. The molecule has 3 aromatic rings. The summed E-state index contributed by atoms with van der Waals surface area (Å²) in [6.07, 6.45) is 8.77. The Morgan fingerprint density at radius 3 is 3.05 bits per heavy atom. The molecule has 5 nitrogen and oxygen atoms in total. The van der Waals surface area contributed by atoms with Gasteiger partial charge in [-0.05, 0) is 32.4 Å². The number of hydrogen-bond acceptors (Lipinski definition) is 5. The highest BCUT2D eigenvalue weighted by atomic mass is 32.1. The highest BCUT2D eigenvalue weighted by Gasteiger charge is 2.17. The van der Waals surface area contributed by atoms with Crippen molar-refractivity contribution in [2.24, 2.45) is 0 Å². The van der Waals surface area contributed by atoms with Crippen molar-refractivity contribution in [3.63, 3.8) is 0 Å². The third-order valence-electron chi connectivity index (χ3n) is 4.26. The third kappa shape index (κ3) is 2.53. The Labute approximate surface area is 133 Å².